The highest BCUT2D eigenvalue weighted by Crippen LogP contribution is 2.23. The van der Waals surface area contributed by atoms with Crippen LogP contribution in [0.25, 0.3) is 0 Å². The summed E-state index contributed by atoms with van der Waals surface area (Å²) < 4.78 is 4.85. The van der Waals surface area contributed by atoms with Crippen molar-refractivity contribution in [3.05, 3.63) is 12.2 Å². The lowest BCUT2D eigenvalue weighted by Gasteiger charge is -2.29. The van der Waals surface area contributed by atoms with E-state index in [9.17, 15) is 4.79 Å². The van der Waals surface area contributed by atoms with Crippen LogP contribution in [0.3, 0.4) is 0 Å². The van der Waals surface area contributed by atoms with Crippen LogP contribution in [0.4, 0.5) is 0 Å². The molecular formula is C12H22O4. The SMILES string of the molecule is C=C(C(=O)OCC)C(C)(C)OOC(C)(C)C. The van der Waals surface area contributed by atoms with Gasteiger partial charge < -0.3 is 4.74 Å². The average molecular weight is 230 g/mol. The van der Waals surface area contributed by atoms with Crippen molar-refractivity contribution in [3.8, 4) is 0 Å². The molecule has 94 valence electrons. The van der Waals surface area contributed by atoms with E-state index < -0.39 is 17.2 Å². The molecule has 0 atom stereocenters. The maximum atomic E-state index is 11.5. The first-order valence-electron chi connectivity index (χ1n) is 5.33. The predicted molar refractivity (Wildman–Crippen MR) is 61.8 cm³/mol. The maximum absolute atomic E-state index is 11.5. The molecule has 0 heterocycles. The van der Waals surface area contributed by atoms with Crippen LogP contribution in [-0.2, 0) is 19.3 Å². The summed E-state index contributed by atoms with van der Waals surface area (Å²) in [6.45, 7) is 14.7. The lowest BCUT2D eigenvalue weighted by atomic mass is 10.0. The Morgan fingerprint density at radius 1 is 1.12 bits per heavy atom. The van der Waals surface area contributed by atoms with Gasteiger partial charge in [-0.05, 0) is 41.5 Å². The van der Waals surface area contributed by atoms with E-state index in [4.69, 9.17) is 14.5 Å². The Labute approximate surface area is 97.5 Å². The third-order valence-corrected chi connectivity index (χ3v) is 1.75. The lowest BCUT2D eigenvalue weighted by molar-refractivity contribution is -0.388. The van der Waals surface area contributed by atoms with Crippen molar-refractivity contribution < 1.29 is 19.3 Å². The zero-order valence-corrected chi connectivity index (χ0v) is 11.0. The second-order valence-electron chi connectivity index (χ2n) is 4.99. The molecule has 0 saturated carbocycles. The van der Waals surface area contributed by atoms with Gasteiger partial charge in [-0.1, -0.05) is 6.58 Å². The highest BCUT2D eigenvalue weighted by molar-refractivity contribution is 5.89. The average Bonchev–Trinajstić information content (AvgIpc) is 2.13. The summed E-state index contributed by atoms with van der Waals surface area (Å²) in [6, 6.07) is 0. The molecule has 0 bridgehead atoms. The van der Waals surface area contributed by atoms with Gasteiger partial charge in [-0.2, -0.15) is 0 Å². The summed E-state index contributed by atoms with van der Waals surface area (Å²) in [5.74, 6) is -0.468. The summed E-state index contributed by atoms with van der Waals surface area (Å²) in [6.07, 6.45) is 0. The fourth-order valence-electron chi connectivity index (χ4n) is 0.743. The molecular weight excluding hydrogens is 208 g/mol. The zero-order chi connectivity index (χ0) is 13.0. The van der Waals surface area contributed by atoms with Gasteiger partial charge >= 0.3 is 5.97 Å². The number of carbonyl (C=O) groups excluding carboxylic acids is 1. The minimum Gasteiger partial charge on any atom is -0.463 e. The van der Waals surface area contributed by atoms with Gasteiger partial charge in [0, 0.05) is 0 Å². The first kappa shape index (κ1) is 15.1. The third-order valence-electron chi connectivity index (χ3n) is 1.75. The van der Waals surface area contributed by atoms with Crippen LogP contribution < -0.4 is 0 Å². The van der Waals surface area contributed by atoms with Gasteiger partial charge in [0.15, 0.2) is 0 Å². The zero-order valence-electron chi connectivity index (χ0n) is 11.0. The Bertz CT molecular complexity index is 261. The van der Waals surface area contributed by atoms with Crippen LogP contribution in [0, 0.1) is 0 Å². The largest absolute Gasteiger partial charge is 0.463 e. The molecule has 0 aliphatic rings. The van der Waals surface area contributed by atoms with Crippen LogP contribution in [0.5, 0.6) is 0 Å². The van der Waals surface area contributed by atoms with E-state index in [0.717, 1.165) is 0 Å². The first-order valence-corrected chi connectivity index (χ1v) is 5.33. The summed E-state index contributed by atoms with van der Waals surface area (Å²) >= 11 is 0. The van der Waals surface area contributed by atoms with E-state index in [1.807, 2.05) is 20.8 Å². The number of rotatable bonds is 5. The Kier molecular flexibility index (Phi) is 5.16. The molecule has 0 rings (SSSR count). The van der Waals surface area contributed by atoms with E-state index in [-0.39, 0.29) is 5.57 Å². The van der Waals surface area contributed by atoms with E-state index in [1.54, 1.807) is 20.8 Å². The smallest absolute Gasteiger partial charge is 0.336 e. The molecule has 4 heteroatoms. The second-order valence-corrected chi connectivity index (χ2v) is 4.99. The van der Waals surface area contributed by atoms with Gasteiger partial charge in [0.1, 0.15) is 5.60 Å². The molecule has 0 aliphatic heterocycles. The summed E-state index contributed by atoms with van der Waals surface area (Å²) in [4.78, 5) is 21.9. The van der Waals surface area contributed by atoms with Gasteiger partial charge in [0.25, 0.3) is 0 Å². The Hall–Kier alpha value is -0.870. The van der Waals surface area contributed by atoms with E-state index in [1.165, 1.54) is 0 Å². The van der Waals surface area contributed by atoms with Gasteiger partial charge in [-0.15, -0.1) is 0 Å². The maximum Gasteiger partial charge on any atom is 0.336 e. The third kappa shape index (κ3) is 5.28. The number of hydrogen-bond acceptors (Lipinski definition) is 4. The summed E-state index contributed by atoms with van der Waals surface area (Å²) in [7, 11) is 0. The lowest BCUT2D eigenvalue weighted by Crippen LogP contribution is -2.35. The normalized spacial score (nSPS) is 12.4. The molecule has 0 N–H and O–H groups in total. The fraction of sp³-hybridized carbons (Fsp3) is 0.750. The van der Waals surface area contributed by atoms with Crippen molar-refractivity contribution in [3.63, 3.8) is 0 Å². The van der Waals surface area contributed by atoms with Crippen molar-refractivity contribution in [1.29, 1.82) is 0 Å². The number of ether oxygens (including phenoxy) is 1. The van der Waals surface area contributed by atoms with Crippen molar-refractivity contribution in [2.45, 2.75) is 52.7 Å². The minimum atomic E-state index is -0.903. The van der Waals surface area contributed by atoms with Crippen molar-refractivity contribution in [2.24, 2.45) is 0 Å². The van der Waals surface area contributed by atoms with Gasteiger partial charge in [0.2, 0.25) is 0 Å². The Morgan fingerprint density at radius 2 is 1.62 bits per heavy atom. The van der Waals surface area contributed by atoms with Crippen LogP contribution in [0.1, 0.15) is 41.5 Å². The predicted octanol–water partition coefficient (Wildman–Crippen LogP) is 2.63. The van der Waals surface area contributed by atoms with Crippen molar-refractivity contribution in [2.75, 3.05) is 6.61 Å². The van der Waals surface area contributed by atoms with E-state index >= 15 is 0 Å². The fourth-order valence-corrected chi connectivity index (χ4v) is 0.743. The molecule has 0 aromatic rings. The Morgan fingerprint density at radius 3 is 2.00 bits per heavy atom. The Balaban J connectivity index is 4.42. The van der Waals surface area contributed by atoms with Crippen molar-refractivity contribution in [1.82, 2.24) is 0 Å². The number of carbonyl (C=O) groups is 1. The highest BCUT2D eigenvalue weighted by atomic mass is 17.2. The van der Waals surface area contributed by atoms with Crippen LogP contribution in [0.2, 0.25) is 0 Å². The number of esters is 1. The molecule has 0 unspecified atom stereocenters. The second kappa shape index (κ2) is 5.46. The quantitative estimate of drug-likeness (QED) is 0.315. The molecule has 0 radical (unpaired) electrons. The molecule has 4 nitrogen and oxygen atoms in total. The molecule has 0 spiro atoms. The standard InChI is InChI=1S/C12H22O4/c1-8-14-10(13)9(2)12(6,7)16-15-11(3,4)5/h2,8H2,1,3-7H3. The first-order chi connectivity index (χ1) is 7.10. The van der Waals surface area contributed by atoms with Gasteiger partial charge in [-0.25, -0.2) is 14.6 Å². The highest BCUT2D eigenvalue weighted by Gasteiger charge is 2.32. The van der Waals surface area contributed by atoms with E-state index in [0.29, 0.717) is 6.61 Å². The molecule has 16 heavy (non-hydrogen) atoms. The summed E-state index contributed by atoms with van der Waals surface area (Å²) in [5, 5.41) is 0. The monoisotopic (exact) mass is 230 g/mol. The molecule has 0 aromatic carbocycles. The molecule has 0 aliphatic carbocycles. The van der Waals surface area contributed by atoms with Crippen molar-refractivity contribution >= 4 is 5.97 Å². The number of hydrogen-bond donors (Lipinski definition) is 0. The van der Waals surface area contributed by atoms with Gasteiger partial charge in [-0.3, -0.25) is 0 Å². The molecule has 0 aromatic heterocycles. The topological polar surface area (TPSA) is 44.8 Å². The van der Waals surface area contributed by atoms with E-state index in [2.05, 4.69) is 6.58 Å². The van der Waals surface area contributed by atoms with Crippen LogP contribution >= 0.6 is 0 Å². The van der Waals surface area contributed by atoms with Crippen LogP contribution in [0.15, 0.2) is 12.2 Å². The minimum absolute atomic E-state index is 0.235. The molecule has 0 amide bonds. The van der Waals surface area contributed by atoms with Crippen LogP contribution in [-0.4, -0.2) is 23.8 Å². The molecule has 0 saturated heterocycles. The van der Waals surface area contributed by atoms with Gasteiger partial charge in [0.05, 0.1) is 17.8 Å². The summed E-state index contributed by atoms with van der Waals surface area (Å²) in [5.41, 5.74) is -1.11. The molecule has 0 fully saturated rings.